The van der Waals surface area contributed by atoms with Crippen LogP contribution in [-0.2, 0) is 24.9 Å². The smallest absolute Gasteiger partial charge is 0.410 e. The average Bonchev–Trinajstić information content (AvgIpc) is 2.83. The van der Waals surface area contributed by atoms with E-state index in [1.165, 1.54) is 37.2 Å². The van der Waals surface area contributed by atoms with Crippen molar-refractivity contribution in [3.05, 3.63) is 57.8 Å². The lowest BCUT2D eigenvalue weighted by atomic mass is 10.2. The van der Waals surface area contributed by atoms with E-state index in [9.17, 15) is 21.6 Å². The van der Waals surface area contributed by atoms with Gasteiger partial charge in [-0.1, -0.05) is 18.2 Å². The normalized spacial score (nSPS) is 12.5. The van der Waals surface area contributed by atoms with Gasteiger partial charge < -0.3 is 13.8 Å². The number of hydrogen-bond donors (Lipinski definition) is 0. The molecule has 0 unspecified atom stereocenters. The molecule has 38 heavy (non-hydrogen) atoms. The molecule has 0 N–H and O–H groups in total. The summed E-state index contributed by atoms with van der Waals surface area (Å²) < 4.78 is 65.3. The maximum Gasteiger partial charge on any atom is 0.410 e. The summed E-state index contributed by atoms with van der Waals surface area (Å²) in [6, 6.07) is 12.2. The lowest BCUT2D eigenvalue weighted by molar-refractivity contribution is 0.0294. The van der Waals surface area contributed by atoms with Crippen LogP contribution in [0.3, 0.4) is 0 Å². The van der Waals surface area contributed by atoms with Crippen LogP contribution in [0, 0.1) is 10.5 Å². The summed E-state index contributed by atoms with van der Waals surface area (Å²) >= 11 is 1.84. The Bertz CT molecular complexity index is 1560. The molecule has 0 radical (unpaired) electrons. The van der Waals surface area contributed by atoms with Crippen LogP contribution < -0.4 is 4.18 Å². The summed E-state index contributed by atoms with van der Waals surface area (Å²) in [5.74, 6) is -0.0561. The number of aromatic nitrogens is 1. The number of fused-ring (bicyclic) bond motifs is 1. The van der Waals surface area contributed by atoms with E-state index in [-0.39, 0.29) is 43.1 Å². The molecule has 1 heterocycles. The highest BCUT2D eigenvalue weighted by Gasteiger charge is 2.29. The van der Waals surface area contributed by atoms with E-state index in [2.05, 4.69) is 4.98 Å². The van der Waals surface area contributed by atoms with Gasteiger partial charge in [0.25, 0.3) is 0 Å². The van der Waals surface area contributed by atoms with E-state index < -0.39 is 31.8 Å². The minimum Gasteiger partial charge on any atom is -0.444 e. The highest BCUT2D eigenvalue weighted by Crippen LogP contribution is 2.37. The Morgan fingerprint density at radius 1 is 1.00 bits per heavy atom. The zero-order chi connectivity index (χ0) is 28.5. The van der Waals surface area contributed by atoms with Crippen molar-refractivity contribution in [2.45, 2.75) is 43.1 Å². The first-order chi connectivity index (χ1) is 17.5. The van der Waals surface area contributed by atoms with Gasteiger partial charge in [0.1, 0.15) is 16.0 Å². The number of likely N-dealkylation sites (N-methyl/N-ethyl adjacent to an activating group) is 2. The van der Waals surface area contributed by atoms with Crippen LogP contribution >= 0.6 is 22.6 Å². The number of aryl methyl sites for hydroxylation is 1. The van der Waals surface area contributed by atoms with Gasteiger partial charge in [0.2, 0.25) is 10.0 Å². The predicted octanol–water partition coefficient (Wildman–Crippen LogP) is 4.40. The molecule has 3 aromatic rings. The minimum atomic E-state index is -4.20. The molecule has 0 aliphatic heterocycles. The maximum absolute atomic E-state index is 13.6. The fourth-order valence-electron chi connectivity index (χ4n) is 3.35. The Hall–Kier alpha value is -2.49. The van der Waals surface area contributed by atoms with Crippen LogP contribution in [0.1, 0.15) is 26.5 Å². The first-order valence-electron chi connectivity index (χ1n) is 11.5. The Morgan fingerprint density at radius 3 is 2.24 bits per heavy atom. The lowest BCUT2D eigenvalue weighted by Crippen LogP contribution is -2.40. The van der Waals surface area contributed by atoms with Gasteiger partial charge in [0.05, 0.1) is 8.47 Å². The standard InChI is InChI=1S/C25H30IN3O7S2/c1-17-12-13-19-21(37(31,32)29(6)15-14-28(5)24(30)35-25(2,3)4)16-20(26)23(22(19)27-17)36-38(33,34)18-10-8-7-9-11-18/h7-13,16H,14-15H2,1-6H3. The maximum atomic E-state index is 13.6. The number of benzene rings is 2. The summed E-state index contributed by atoms with van der Waals surface area (Å²) in [6.45, 7) is 7.04. The third-order valence-corrected chi connectivity index (χ3v) is 9.29. The van der Waals surface area contributed by atoms with Gasteiger partial charge in [-0.15, -0.1) is 0 Å². The minimum absolute atomic E-state index is 0.00389. The molecule has 0 aliphatic carbocycles. The number of pyridine rings is 1. The molecule has 0 aliphatic rings. The van der Waals surface area contributed by atoms with Crippen LogP contribution in [0.5, 0.6) is 5.75 Å². The molecule has 0 saturated heterocycles. The highest BCUT2D eigenvalue weighted by atomic mass is 127. The largest absolute Gasteiger partial charge is 0.444 e. The van der Waals surface area contributed by atoms with E-state index in [0.717, 1.165) is 4.31 Å². The molecular weight excluding hydrogens is 645 g/mol. The first kappa shape index (κ1) is 30.1. The van der Waals surface area contributed by atoms with Gasteiger partial charge in [-0.3, -0.25) is 0 Å². The van der Waals surface area contributed by atoms with Gasteiger partial charge in [-0.2, -0.15) is 12.7 Å². The molecule has 1 amide bonds. The first-order valence-corrected chi connectivity index (χ1v) is 15.5. The van der Waals surface area contributed by atoms with Gasteiger partial charge >= 0.3 is 16.2 Å². The second-order valence-electron chi connectivity index (χ2n) is 9.61. The van der Waals surface area contributed by atoms with Crippen molar-refractivity contribution < 1.29 is 30.6 Å². The number of carbonyl (C=O) groups is 1. The Balaban J connectivity index is 1.98. The van der Waals surface area contributed by atoms with E-state index >= 15 is 0 Å². The van der Waals surface area contributed by atoms with Crippen LogP contribution in [-0.4, -0.2) is 69.9 Å². The van der Waals surface area contributed by atoms with Crippen LogP contribution in [0.25, 0.3) is 10.9 Å². The molecule has 0 fully saturated rings. The zero-order valence-corrected chi connectivity index (χ0v) is 25.7. The summed E-state index contributed by atoms with van der Waals surface area (Å²) in [4.78, 5) is 17.9. The molecule has 3 rings (SSSR count). The number of sulfonamides is 1. The highest BCUT2D eigenvalue weighted by molar-refractivity contribution is 14.1. The predicted molar refractivity (Wildman–Crippen MR) is 152 cm³/mol. The molecule has 206 valence electrons. The van der Waals surface area contributed by atoms with Crippen LogP contribution in [0.4, 0.5) is 4.79 Å². The fourth-order valence-corrected chi connectivity index (χ4v) is 6.73. The van der Waals surface area contributed by atoms with Crippen molar-refractivity contribution in [3.8, 4) is 5.75 Å². The number of hydrogen-bond acceptors (Lipinski definition) is 8. The monoisotopic (exact) mass is 675 g/mol. The lowest BCUT2D eigenvalue weighted by Gasteiger charge is -2.26. The number of halogens is 1. The van der Waals surface area contributed by atoms with Gasteiger partial charge in [-0.05, 0) is 80.6 Å². The SMILES string of the molecule is Cc1ccc2c(S(=O)(=O)N(C)CCN(C)C(=O)OC(C)(C)C)cc(I)c(OS(=O)(=O)c3ccccc3)c2n1. The number of nitrogens with zero attached hydrogens (tertiary/aromatic N) is 3. The third-order valence-electron chi connectivity index (χ3n) is 5.36. The van der Waals surface area contributed by atoms with E-state index in [1.54, 1.807) is 58.0 Å². The quantitative estimate of drug-likeness (QED) is 0.255. The van der Waals surface area contributed by atoms with Crippen molar-refractivity contribution in [1.82, 2.24) is 14.2 Å². The third kappa shape index (κ3) is 6.93. The van der Waals surface area contributed by atoms with Crippen molar-refractivity contribution >= 4 is 59.7 Å². The van der Waals surface area contributed by atoms with E-state index in [0.29, 0.717) is 5.69 Å². The number of ether oxygens (including phenoxy) is 1. The zero-order valence-electron chi connectivity index (χ0n) is 21.9. The topological polar surface area (TPSA) is 123 Å². The van der Waals surface area contributed by atoms with Crippen LogP contribution in [0.15, 0.2) is 58.3 Å². The summed E-state index contributed by atoms with van der Waals surface area (Å²) in [5, 5.41) is 0.210. The molecule has 1 aromatic heterocycles. The van der Waals surface area contributed by atoms with Crippen LogP contribution in [0.2, 0.25) is 0 Å². The number of rotatable bonds is 8. The summed E-state index contributed by atoms with van der Waals surface area (Å²) in [6.07, 6.45) is -0.566. The molecule has 0 atom stereocenters. The van der Waals surface area contributed by atoms with Crippen molar-refractivity contribution in [2.75, 3.05) is 27.2 Å². The van der Waals surface area contributed by atoms with Crippen molar-refractivity contribution in [1.29, 1.82) is 0 Å². The Labute approximate surface area is 237 Å². The molecule has 0 bridgehead atoms. The number of amides is 1. The molecule has 10 nitrogen and oxygen atoms in total. The van der Waals surface area contributed by atoms with Gasteiger partial charge in [-0.25, -0.2) is 18.2 Å². The second-order valence-corrected chi connectivity index (χ2v) is 14.3. The van der Waals surface area contributed by atoms with Crippen molar-refractivity contribution in [3.63, 3.8) is 0 Å². The Kier molecular flexibility index (Phi) is 8.95. The summed E-state index contributed by atoms with van der Waals surface area (Å²) in [5.41, 5.74) is -0.0200. The molecular formula is C25H30IN3O7S2. The van der Waals surface area contributed by atoms with E-state index in [4.69, 9.17) is 8.92 Å². The summed E-state index contributed by atoms with van der Waals surface area (Å²) in [7, 11) is -5.33. The Morgan fingerprint density at radius 2 is 1.63 bits per heavy atom. The average molecular weight is 676 g/mol. The van der Waals surface area contributed by atoms with Crippen molar-refractivity contribution in [2.24, 2.45) is 0 Å². The molecule has 13 heteroatoms. The number of carbonyl (C=O) groups excluding carboxylic acids is 1. The van der Waals surface area contributed by atoms with E-state index in [1.807, 2.05) is 22.6 Å². The molecule has 2 aromatic carbocycles. The molecule has 0 saturated carbocycles. The van der Waals surface area contributed by atoms with Gasteiger partial charge in [0.15, 0.2) is 5.75 Å². The second kappa shape index (κ2) is 11.3. The van der Waals surface area contributed by atoms with Gasteiger partial charge in [0, 0.05) is 38.3 Å². The fraction of sp³-hybridized carbons (Fsp3) is 0.360. The molecule has 0 spiro atoms.